The van der Waals surface area contributed by atoms with Crippen LogP contribution in [-0.2, 0) is 14.2 Å². The smallest absolute Gasteiger partial charge is 0.275 e. The molecule has 2 unspecified atom stereocenters. The molecule has 2 amide bonds. The van der Waals surface area contributed by atoms with Gasteiger partial charge in [0.05, 0.1) is 0 Å². The molecular weight excluding hydrogens is 279 g/mol. The standard InChI is InChI=1S/C12H21N4O3P/c13-12(7-4-8-16(14)11(12)18)20(19)15-10(17)9-5-2-1-3-6-9/h9H,1-8,13-14H2/p+1. The number of nitrogens with one attached hydrogen (secondary N) is 1. The number of carbonyl (C=O) groups excluding carboxylic acids is 2. The van der Waals surface area contributed by atoms with Crippen molar-refractivity contribution in [1.82, 2.24) is 10.1 Å². The van der Waals surface area contributed by atoms with Crippen LogP contribution in [0.5, 0.6) is 0 Å². The van der Waals surface area contributed by atoms with E-state index in [1.165, 1.54) is 0 Å². The largest absolute Gasteiger partial charge is 0.494 e. The molecule has 112 valence electrons. The fourth-order valence-electron chi connectivity index (χ4n) is 2.82. The van der Waals surface area contributed by atoms with Crippen molar-refractivity contribution in [2.75, 3.05) is 6.54 Å². The van der Waals surface area contributed by atoms with Crippen LogP contribution in [0.25, 0.3) is 0 Å². The van der Waals surface area contributed by atoms with Gasteiger partial charge in [0.2, 0.25) is 0 Å². The summed E-state index contributed by atoms with van der Waals surface area (Å²) in [5, 5.41) is 1.88. The summed E-state index contributed by atoms with van der Waals surface area (Å²) in [6.45, 7) is 0.400. The van der Waals surface area contributed by atoms with Crippen LogP contribution in [-0.4, -0.2) is 28.6 Å². The summed E-state index contributed by atoms with van der Waals surface area (Å²) >= 11 is 0. The molecule has 0 bridgehead atoms. The average molecular weight is 301 g/mol. The lowest BCUT2D eigenvalue weighted by Crippen LogP contribution is -2.60. The highest BCUT2D eigenvalue weighted by Crippen LogP contribution is 2.39. The molecule has 1 aliphatic carbocycles. The SMILES string of the molecule is NN1CCCC(N)([P+](=O)NC(=O)C2CCCCC2)C1=O. The zero-order valence-electron chi connectivity index (χ0n) is 11.5. The molecule has 2 atom stereocenters. The first kappa shape index (κ1) is 15.4. The third-order valence-corrected chi connectivity index (χ3v) is 5.70. The maximum atomic E-state index is 12.3. The van der Waals surface area contributed by atoms with Crippen molar-refractivity contribution < 1.29 is 14.2 Å². The summed E-state index contributed by atoms with van der Waals surface area (Å²) in [7, 11) is -2.35. The van der Waals surface area contributed by atoms with Crippen LogP contribution in [0.15, 0.2) is 0 Å². The maximum Gasteiger partial charge on any atom is 0.494 e. The highest BCUT2D eigenvalue weighted by atomic mass is 31.1. The van der Waals surface area contributed by atoms with E-state index in [2.05, 4.69) is 5.09 Å². The minimum atomic E-state index is -2.35. The van der Waals surface area contributed by atoms with E-state index >= 15 is 0 Å². The van der Waals surface area contributed by atoms with Gasteiger partial charge in [-0.25, -0.2) is 5.84 Å². The van der Waals surface area contributed by atoms with Crippen molar-refractivity contribution in [2.45, 2.75) is 50.2 Å². The zero-order chi connectivity index (χ0) is 14.8. The lowest BCUT2D eigenvalue weighted by molar-refractivity contribution is -0.136. The Morgan fingerprint density at radius 3 is 2.60 bits per heavy atom. The molecule has 1 heterocycles. The van der Waals surface area contributed by atoms with E-state index in [4.69, 9.17) is 11.6 Å². The Balaban J connectivity index is 1.99. The van der Waals surface area contributed by atoms with Crippen molar-refractivity contribution in [1.29, 1.82) is 0 Å². The van der Waals surface area contributed by atoms with Gasteiger partial charge in [0.1, 0.15) is 0 Å². The number of rotatable bonds is 3. The first-order valence-electron chi connectivity index (χ1n) is 7.08. The van der Waals surface area contributed by atoms with Gasteiger partial charge in [-0.05, 0) is 23.8 Å². The lowest BCUT2D eigenvalue weighted by Gasteiger charge is -2.29. The normalized spacial score (nSPS) is 29.2. The number of hydrogen-bond donors (Lipinski definition) is 3. The molecule has 0 spiro atoms. The Hall–Kier alpha value is -1.04. The number of hydrogen-bond acceptors (Lipinski definition) is 5. The van der Waals surface area contributed by atoms with Crippen molar-refractivity contribution in [2.24, 2.45) is 17.5 Å². The summed E-state index contributed by atoms with van der Waals surface area (Å²) < 4.78 is 12.3. The third kappa shape index (κ3) is 3.00. The van der Waals surface area contributed by atoms with E-state index in [0.717, 1.165) is 37.1 Å². The van der Waals surface area contributed by atoms with E-state index in [0.29, 0.717) is 13.0 Å². The Kier molecular flexibility index (Phi) is 4.73. The maximum absolute atomic E-state index is 12.3. The van der Waals surface area contributed by atoms with Gasteiger partial charge in [-0.15, -0.1) is 5.09 Å². The first-order valence-corrected chi connectivity index (χ1v) is 8.34. The highest BCUT2D eigenvalue weighted by molar-refractivity contribution is 7.46. The Morgan fingerprint density at radius 2 is 1.95 bits per heavy atom. The predicted molar refractivity (Wildman–Crippen MR) is 74.4 cm³/mol. The monoisotopic (exact) mass is 301 g/mol. The van der Waals surface area contributed by atoms with Gasteiger partial charge >= 0.3 is 19.1 Å². The predicted octanol–water partition coefficient (Wildman–Crippen LogP) is 0.576. The van der Waals surface area contributed by atoms with Crippen LogP contribution in [0, 0.1) is 5.92 Å². The molecule has 0 aromatic carbocycles. The number of nitrogens with zero attached hydrogens (tertiary/aromatic N) is 1. The molecule has 1 saturated heterocycles. The molecular formula is C12H22N4O3P+. The van der Waals surface area contributed by atoms with E-state index in [1.807, 2.05) is 0 Å². The molecule has 2 rings (SSSR count). The number of carbonyl (C=O) groups is 2. The van der Waals surface area contributed by atoms with E-state index in [-0.39, 0.29) is 18.2 Å². The minimum absolute atomic E-state index is 0.112. The van der Waals surface area contributed by atoms with Gasteiger partial charge < -0.3 is 0 Å². The van der Waals surface area contributed by atoms with Crippen molar-refractivity contribution >= 4 is 19.8 Å². The van der Waals surface area contributed by atoms with Crippen molar-refractivity contribution in [3.63, 3.8) is 0 Å². The molecule has 1 saturated carbocycles. The fourth-order valence-corrected chi connectivity index (χ4v) is 4.07. The molecule has 2 fully saturated rings. The topological polar surface area (TPSA) is 119 Å². The second-order valence-corrected chi connectivity index (χ2v) is 7.24. The summed E-state index contributed by atoms with van der Waals surface area (Å²) in [5.41, 5.74) is 5.94. The summed E-state index contributed by atoms with van der Waals surface area (Å²) in [6, 6.07) is 0. The number of amides is 2. The molecule has 8 heteroatoms. The molecule has 2 aliphatic rings. The van der Waals surface area contributed by atoms with Crippen LogP contribution < -0.4 is 16.7 Å². The number of piperidine rings is 1. The van der Waals surface area contributed by atoms with Crippen LogP contribution in [0.1, 0.15) is 44.9 Å². The van der Waals surface area contributed by atoms with Crippen LogP contribution in [0.3, 0.4) is 0 Å². The fraction of sp³-hybridized carbons (Fsp3) is 0.833. The Labute approximate surface area is 119 Å². The van der Waals surface area contributed by atoms with E-state index in [1.54, 1.807) is 0 Å². The molecule has 0 radical (unpaired) electrons. The second kappa shape index (κ2) is 6.16. The molecule has 0 aromatic rings. The molecule has 0 aromatic heterocycles. The first-order chi connectivity index (χ1) is 9.45. The van der Waals surface area contributed by atoms with Gasteiger partial charge in [0, 0.05) is 18.9 Å². The quantitative estimate of drug-likeness (QED) is 0.400. The molecule has 7 nitrogen and oxygen atoms in total. The Bertz CT molecular complexity index is 425. The summed E-state index contributed by atoms with van der Waals surface area (Å²) in [6.07, 6.45) is 5.64. The van der Waals surface area contributed by atoms with Crippen molar-refractivity contribution in [3.05, 3.63) is 0 Å². The minimum Gasteiger partial charge on any atom is -0.275 e. The van der Waals surface area contributed by atoms with Gasteiger partial charge in [-0.3, -0.25) is 20.3 Å². The molecule has 5 N–H and O–H groups in total. The summed E-state index contributed by atoms with van der Waals surface area (Å²) in [4.78, 5) is 24.1. The number of hydrazine groups is 1. The van der Waals surface area contributed by atoms with Gasteiger partial charge in [-0.1, -0.05) is 19.3 Å². The highest BCUT2D eigenvalue weighted by Gasteiger charge is 2.57. The van der Waals surface area contributed by atoms with E-state index < -0.39 is 19.1 Å². The zero-order valence-corrected chi connectivity index (χ0v) is 12.4. The van der Waals surface area contributed by atoms with Gasteiger partial charge in [0.15, 0.2) is 0 Å². The van der Waals surface area contributed by atoms with Gasteiger partial charge in [-0.2, -0.15) is 0 Å². The third-order valence-electron chi connectivity index (χ3n) is 4.14. The average Bonchev–Trinajstić information content (AvgIpc) is 2.45. The van der Waals surface area contributed by atoms with Crippen LogP contribution >= 0.6 is 7.95 Å². The molecule has 1 aliphatic heterocycles. The second-order valence-electron chi connectivity index (χ2n) is 5.63. The van der Waals surface area contributed by atoms with Crippen LogP contribution in [0.2, 0.25) is 0 Å². The lowest BCUT2D eigenvalue weighted by atomic mass is 9.89. The Morgan fingerprint density at radius 1 is 1.30 bits per heavy atom. The van der Waals surface area contributed by atoms with Crippen LogP contribution in [0.4, 0.5) is 0 Å². The van der Waals surface area contributed by atoms with Gasteiger partial charge in [0.25, 0.3) is 5.91 Å². The summed E-state index contributed by atoms with van der Waals surface area (Å²) in [5.74, 6) is 4.60. The molecule has 20 heavy (non-hydrogen) atoms. The van der Waals surface area contributed by atoms with E-state index in [9.17, 15) is 14.2 Å². The number of nitrogens with two attached hydrogens (primary N) is 2. The van der Waals surface area contributed by atoms with Crippen molar-refractivity contribution in [3.8, 4) is 0 Å².